The van der Waals surface area contributed by atoms with Crippen LogP contribution >= 0.6 is 0 Å². The number of rotatable bonds is 5. The van der Waals surface area contributed by atoms with Crippen molar-refractivity contribution in [1.82, 2.24) is 19.5 Å². The fourth-order valence-electron chi connectivity index (χ4n) is 8.66. The Labute approximate surface area is 333 Å². The first kappa shape index (κ1) is 32.4. The third-order valence-corrected chi connectivity index (χ3v) is 11.4. The van der Waals surface area contributed by atoms with Crippen molar-refractivity contribution in [1.29, 1.82) is 0 Å². The summed E-state index contributed by atoms with van der Waals surface area (Å²) in [5.41, 5.74) is 9.94. The van der Waals surface area contributed by atoms with Crippen LogP contribution in [0.4, 0.5) is 0 Å². The molecule has 0 aliphatic heterocycles. The summed E-state index contributed by atoms with van der Waals surface area (Å²) in [5.74, 6) is 1.76. The summed E-state index contributed by atoms with van der Waals surface area (Å²) in [6.07, 6.45) is 0. The number of fused-ring (bicyclic) bond motifs is 9. The van der Waals surface area contributed by atoms with Crippen molar-refractivity contribution in [2.24, 2.45) is 0 Å². The number of benzene rings is 9. The van der Waals surface area contributed by atoms with Gasteiger partial charge in [0.25, 0.3) is 0 Å². The van der Waals surface area contributed by atoms with Gasteiger partial charge in [0.05, 0.1) is 22.3 Å². The summed E-state index contributed by atoms with van der Waals surface area (Å²) >= 11 is 0. The molecule has 0 saturated heterocycles. The van der Waals surface area contributed by atoms with Gasteiger partial charge in [0.15, 0.2) is 17.5 Å². The Morgan fingerprint density at radius 1 is 0.328 bits per heavy atom. The van der Waals surface area contributed by atoms with Gasteiger partial charge in [0.2, 0.25) is 0 Å². The van der Waals surface area contributed by atoms with E-state index in [-0.39, 0.29) is 0 Å². The topological polar surface area (TPSA) is 56.7 Å². The second-order valence-corrected chi connectivity index (χ2v) is 14.8. The summed E-state index contributed by atoms with van der Waals surface area (Å²) in [6.45, 7) is 0. The molecule has 12 rings (SSSR count). The minimum atomic E-state index is 0.555. The molecule has 270 valence electrons. The lowest BCUT2D eigenvalue weighted by Crippen LogP contribution is -2.00. The molecule has 58 heavy (non-hydrogen) atoms. The molecule has 5 nitrogen and oxygen atoms in total. The van der Waals surface area contributed by atoms with Crippen molar-refractivity contribution in [2.75, 3.05) is 0 Å². The fraction of sp³-hybridized carbons (Fsp3) is 0. The standard InChI is InChI=1S/C53H32N4O/c1-3-14-33(15-4-1)34-26-28-36(29-27-34)52-54-51(35-16-5-2-6-17-35)55-53(56-52)43-24-13-23-42-45-32-48(39-20-9-10-22-41(39)50(45)58-49(42)43)57-46-25-12-11-21-40(46)44-30-37-18-7-8-19-38(37)31-47(44)57/h1-32H. The maximum absolute atomic E-state index is 7.00. The van der Waals surface area contributed by atoms with Crippen LogP contribution in [-0.4, -0.2) is 19.5 Å². The Morgan fingerprint density at radius 2 is 0.862 bits per heavy atom. The second kappa shape index (κ2) is 12.8. The molecule has 0 aliphatic rings. The number of nitrogens with zero attached hydrogens (tertiary/aromatic N) is 4. The minimum absolute atomic E-state index is 0.555. The molecular weight excluding hydrogens is 709 g/mol. The molecule has 0 aliphatic carbocycles. The number of hydrogen-bond donors (Lipinski definition) is 0. The maximum atomic E-state index is 7.00. The quantitative estimate of drug-likeness (QED) is 0.176. The third kappa shape index (κ3) is 5.07. The van der Waals surface area contributed by atoms with Gasteiger partial charge in [-0.1, -0.05) is 164 Å². The third-order valence-electron chi connectivity index (χ3n) is 11.4. The maximum Gasteiger partial charge on any atom is 0.167 e. The van der Waals surface area contributed by atoms with Crippen LogP contribution in [-0.2, 0) is 0 Å². The van der Waals surface area contributed by atoms with Gasteiger partial charge in [-0.05, 0) is 52.2 Å². The smallest absolute Gasteiger partial charge is 0.167 e. The Balaban J connectivity index is 1.09. The highest BCUT2D eigenvalue weighted by Gasteiger charge is 2.22. The summed E-state index contributed by atoms with van der Waals surface area (Å²) in [7, 11) is 0. The lowest BCUT2D eigenvalue weighted by Gasteiger charge is -2.13. The van der Waals surface area contributed by atoms with Gasteiger partial charge in [-0.2, -0.15) is 0 Å². The van der Waals surface area contributed by atoms with Crippen LogP contribution in [0.25, 0.3) is 116 Å². The van der Waals surface area contributed by atoms with Gasteiger partial charge >= 0.3 is 0 Å². The highest BCUT2D eigenvalue weighted by atomic mass is 16.3. The van der Waals surface area contributed by atoms with Crippen molar-refractivity contribution in [2.45, 2.75) is 0 Å². The molecule has 5 heteroatoms. The zero-order valence-electron chi connectivity index (χ0n) is 31.2. The molecule has 0 radical (unpaired) electrons. The van der Waals surface area contributed by atoms with Crippen molar-refractivity contribution < 1.29 is 4.42 Å². The zero-order chi connectivity index (χ0) is 38.2. The molecule has 0 bridgehead atoms. The largest absolute Gasteiger partial charge is 0.455 e. The lowest BCUT2D eigenvalue weighted by molar-refractivity contribution is 0.673. The van der Waals surface area contributed by atoms with Crippen molar-refractivity contribution in [3.05, 3.63) is 194 Å². The molecule has 0 unspecified atom stereocenters. The zero-order valence-corrected chi connectivity index (χ0v) is 31.2. The van der Waals surface area contributed by atoms with Crippen LogP contribution in [0.1, 0.15) is 0 Å². The van der Waals surface area contributed by atoms with E-state index in [0.717, 1.165) is 71.7 Å². The fourth-order valence-corrected chi connectivity index (χ4v) is 8.66. The van der Waals surface area contributed by atoms with E-state index in [0.29, 0.717) is 17.5 Å². The van der Waals surface area contributed by atoms with Crippen LogP contribution in [0.15, 0.2) is 199 Å². The molecule has 9 aromatic carbocycles. The average molecular weight is 741 g/mol. The summed E-state index contributed by atoms with van der Waals surface area (Å²) in [6, 6.07) is 68.0. The van der Waals surface area contributed by atoms with E-state index < -0.39 is 0 Å². The van der Waals surface area contributed by atoms with E-state index >= 15 is 0 Å². The molecular formula is C53H32N4O. The van der Waals surface area contributed by atoms with Crippen LogP contribution in [0.5, 0.6) is 0 Å². The monoisotopic (exact) mass is 740 g/mol. The highest BCUT2D eigenvalue weighted by Crippen LogP contribution is 2.43. The molecule has 3 aromatic heterocycles. The first-order valence-corrected chi connectivity index (χ1v) is 19.5. The molecule has 3 heterocycles. The summed E-state index contributed by atoms with van der Waals surface area (Å²) in [5, 5.41) is 9.08. The Kier molecular flexibility index (Phi) is 7.16. The van der Waals surface area contributed by atoms with Crippen LogP contribution in [0.3, 0.4) is 0 Å². The van der Waals surface area contributed by atoms with E-state index in [4.69, 9.17) is 19.4 Å². The predicted molar refractivity (Wildman–Crippen MR) is 238 cm³/mol. The van der Waals surface area contributed by atoms with E-state index in [9.17, 15) is 0 Å². The van der Waals surface area contributed by atoms with Gasteiger partial charge < -0.3 is 8.98 Å². The van der Waals surface area contributed by atoms with Crippen LogP contribution in [0.2, 0.25) is 0 Å². The Bertz CT molecular complexity index is 3550. The molecule has 0 saturated carbocycles. The van der Waals surface area contributed by atoms with E-state index in [1.54, 1.807) is 0 Å². The highest BCUT2D eigenvalue weighted by molar-refractivity contribution is 6.21. The average Bonchev–Trinajstić information content (AvgIpc) is 3.84. The first-order valence-electron chi connectivity index (χ1n) is 19.5. The van der Waals surface area contributed by atoms with Gasteiger partial charge in [-0.15, -0.1) is 0 Å². The Morgan fingerprint density at radius 3 is 1.62 bits per heavy atom. The molecule has 0 fully saturated rings. The van der Waals surface area contributed by atoms with Gasteiger partial charge in [-0.3, -0.25) is 0 Å². The van der Waals surface area contributed by atoms with Crippen molar-refractivity contribution >= 4 is 65.3 Å². The molecule has 0 spiro atoms. The number of aromatic nitrogens is 4. The van der Waals surface area contributed by atoms with Crippen LogP contribution in [0, 0.1) is 0 Å². The minimum Gasteiger partial charge on any atom is -0.455 e. The lowest BCUT2D eigenvalue weighted by atomic mass is 10.0. The predicted octanol–water partition coefficient (Wildman–Crippen LogP) is 13.8. The van der Waals surface area contributed by atoms with Crippen LogP contribution < -0.4 is 0 Å². The molecule has 0 atom stereocenters. The van der Waals surface area contributed by atoms with Gasteiger partial charge in [0, 0.05) is 43.4 Å². The van der Waals surface area contributed by atoms with Crippen molar-refractivity contribution in [3.8, 4) is 51.0 Å². The first-order chi connectivity index (χ1) is 28.7. The number of hydrogen-bond acceptors (Lipinski definition) is 4. The van der Waals surface area contributed by atoms with Gasteiger partial charge in [-0.25, -0.2) is 15.0 Å². The number of para-hydroxylation sites is 2. The summed E-state index contributed by atoms with van der Waals surface area (Å²) < 4.78 is 9.43. The Hall–Kier alpha value is -7.89. The second-order valence-electron chi connectivity index (χ2n) is 14.8. The normalized spacial score (nSPS) is 11.8. The SMILES string of the molecule is c1ccc(-c2ccc(-c3nc(-c4ccccc4)nc(-c4cccc5c4oc4c6ccccc6c(-n6c7ccccc7c7cc8ccccc8cc76)cc54)n3)cc2)cc1. The number of furan rings is 1. The van der Waals surface area contributed by atoms with Crippen molar-refractivity contribution in [3.63, 3.8) is 0 Å². The van der Waals surface area contributed by atoms with E-state index in [1.807, 2.05) is 36.4 Å². The molecule has 12 aromatic rings. The van der Waals surface area contributed by atoms with E-state index in [2.05, 4.69) is 162 Å². The van der Waals surface area contributed by atoms with Gasteiger partial charge in [0.1, 0.15) is 11.2 Å². The molecule has 0 N–H and O–H groups in total. The summed E-state index contributed by atoms with van der Waals surface area (Å²) in [4.78, 5) is 15.3. The molecule has 0 amide bonds. The van der Waals surface area contributed by atoms with E-state index in [1.165, 1.54) is 27.1 Å².